The van der Waals surface area contributed by atoms with Gasteiger partial charge in [-0.05, 0) is 13.0 Å². The van der Waals surface area contributed by atoms with Gasteiger partial charge in [0.1, 0.15) is 5.82 Å². The molecule has 2 aromatic rings. The standard InChI is InChI=1S/C12H15N5O/c1-8-10-7-14-11(17-2-4-18-5-3-17)6-9(10)12(13)16-15-8/h6-7H,2-5H2,1H3,(H2,13,16). The fraction of sp³-hybridized carbons (Fsp3) is 0.417. The highest BCUT2D eigenvalue weighted by Crippen LogP contribution is 2.24. The van der Waals surface area contributed by atoms with Crippen LogP contribution in [-0.4, -0.2) is 41.5 Å². The number of aromatic nitrogens is 3. The van der Waals surface area contributed by atoms with Gasteiger partial charge in [0.15, 0.2) is 5.82 Å². The normalized spacial score (nSPS) is 16.2. The summed E-state index contributed by atoms with van der Waals surface area (Å²) in [7, 11) is 0. The predicted molar refractivity (Wildman–Crippen MR) is 69.5 cm³/mol. The van der Waals surface area contributed by atoms with E-state index < -0.39 is 0 Å². The molecule has 3 rings (SSSR count). The topological polar surface area (TPSA) is 77.2 Å². The van der Waals surface area contributed by atoms with Crippen LogP contribution in [0, 0.1) is 6.92 Å². The molecule has 1 aliphatic heterocycles. The number of fused-ring (bicyclic) bond motifs is 1. The Balaban J connectivity index is 2.07. The number of hydrogen-bond donors (Lipinski definition) is 1. The summed E-state index contributed by atoms with van der Waals surface area (Å²) in [4.78, 5) is 6.67. The largest absolute Gasteiger partial charge is 0.382 e. The third-order valence-corrected chi connectivity index (χ3v) is 3.20. The lowest BCUT2D eigenvalue weighted by molar-refractivity contribution is 0.122. The molecule has 0 bridgehead atoms. The molecule has 2 N–H and O–H groups in total. The Morgan fingerprint density at radius 3 is 2.78 bits per heavy atom. The maximum atomic E-state index is 5.88. The highest BCUT2D eigenvalue weighted by molar-refractivity contribution is 5.93. The zero-order valence-electron chi connectivity index (χ0n) is 10.3. The molecule has 1 aliphatic rings. The number of anilines is 2. The van der Waals surface area contributed by atoms with Crippen molar-refractivity contribution in [2.24, 2.45) is 0 Å². The van der Waals surface area contributed by atoms with Crippen LogP contribution in [0.1, 0.15) is 5.69 Å². The second-order valence-electron chi connectivity index (χ2n) is 4.36. The molecule has 94 valence electrons. The summed E-state index contributed by atoms with van der Waals surface area (Å²) >= 11 is 0. The van der Waals surface area contributed by atoms with E-state index in [9.17, 15) is 0 Å². The SMILES string of the molecule is Cc1nnc(N)c2cc(N3CCOCC3)ncc12. The zero-order valence-corrected chi connectivity index (χ0v) is 10.3. The second kappa shape index (κ2) is 4.38. The number of ether oxygens (including phenoxy) is 1. The maximum absolute atomic E-state index is 5.88. The van der Waals surface area contributed by atoms with E-state index in [-0.39, 0.29) is 0 Å². The van der Waals surface area contributed by atoms with Gasteiger partial charge in [-0.15, -0.1) is 5.10 Å². The highest BCUT2D eigenvalue weighted by atomic mass is 16.5. The first-order valence-corrected chi connectivity index (χ1v) is 5.97. The van der Waals surface area contributed by atoms with Crippen molar-refractivity contribution in [3.8, 4) is 0 Å². The van der Waals surface area contributed by atoms with Crippen LogP contribution >= 0.6 is 0 Å². The van der Waals surface area contributed by atoms with Gasteiger partial charge in [-0.2, -0.15) is 5.10 Å². The van der Waals surface area contributed by atoms with E-state index in [0.29, 0.717) is 5.82 Å². The van der Waals surface area contributed by atoms with Crippen LogP contribution in [0.15, 0.2) is 12.3 Å². The average Bonchev–Trinajstić information content (AvgIpc) is 2.44. The van der Waals surface area contributed by atoms with E-state index in [1.54, 1.807) is 0 Å². The summed E-state index contributed by atoms with van der Waals surface area (Å²) in [6, 6.07) is 1.98. The molecule has 18 heavy (non-hydrogen) atoms. The van der Waals surface area contributed by atoms with Crippen molar-refractivity contribution in [2.75, 3.05) is 36.9 Å². The fourth-order valence-electron chi connectivity index (χ4n) is 2.15. The van der Waals surface area contributed by atoms with E-state index >= 15 is 0 Å². The van der Waals surface area contributed by atoms with Crippen LogP contribution in [-0.2, 0) is 4.74 Å². The molecule has 0 unspecified atom stereocenters. The molecule has 1 fully saturated rings. The first kappa shape index (κ1) is 11.2. The zero-order chi connectivity index (χ0) is 12.5. The minimum Gasteiger partial charge on any atom is -0.382 e. The first-order valence-electron chi connectivity index (χ1n) is 5.97. The molecule has 2 aromatic heterocycles. The minimum atomic E-state index is 0.451. The van der Waals surface area contributed by atoms with E-state index in [2.05, 4.69) is 20.1 Å². The molecule has 3 heterocycles. The molecular weight excluding hydrogens is 230 g/mol. The van der Waals surface area contributed by atoms with Crippen molar-refractivity contribution in [3.63, 3.8) is 0 Å². The molecule has 0 amide bonds. The minimum absolute atomic E-state index is 0.451. The number of aryl methyl sites for hydroxylation is 1. The monoisotopic (exact) mass is 245 g/mol. The van der Waals surface area contributed by atoms with Crippen LogP contribution in [0.3, 0.4) is 0 Å². The van der Waals surface area contributed by atoms with Crippen LogP contribution < -0.4 is 10.6 Å². The Bertz CT molecular complexity index is 580. The average molecular weight is 245 g/mol. The Kier molecular flexibility index (Phi) is 2.71. The number of morpholine rings is 1. The quantitative estimate of drug-likeness (QED) is 0.799. The van der Waals surface area contributed by atoms with Gasteiger partial charge in [0.2, 0.25) is 0 Å². The number of rotatable bonds is 1. The van der Waals surface area contributed by atoms with Crippen LogP contribution in [0.5, 0.6) is 0 Å². The lowest BCUT2D eigenvalue weighted by atomic mass is 10.2. The number of nitrogen functional groups attached to an aromatic ring is 1. The van der Waals surface area contributed by atoms with Gasteiger partial charge in [0, 0.05) is 30.1 Å². The molecule has 0 aromatic carbocycles. The van der Waals surface area contributed by atoms with Crippen LogP contribution in [0.4, 0.5) is 11.6 Å². The predicted octanol–water partition coefficient (Wildman–Crippen LogP) is 0.752. The van der Waals surface area contributed by atoms with E-state index in [1.807, 2.05) is 19.2 Å². The number of pyridine rings is 1. The molecule has 6 heteroatoms. The summed E-state index contributed by atoms with van der Waals surface area (Å²) < 4.78 is 5.34. The fourth-order valence-corrected chi connectivity index (χ4v) is 2.15. The van der Waals surface area contributed by atoms with Gasteiger partial charge in [0.25, 0.3) is 0 Å². The highest BCUT2D eigenvalue weighted by Gasteiger charge is 2.14. The Hall–Kier alpha value is -1.95. The summed E-state index contributed by atoms with van der Waals surface area (Å²) in [5.74, 6) is 1.37. The lowest BCUT2D eigenvalue weighted by Crippen LogP contribution is -2.36. The number of hydrogen-bond acceptors (Lipinski definition) is 6. The maximum Gasteiger partial charge on any atom is 0.154 e. The Labute approximate surface area is 105 Å². The van der Waals surface area contributed by atoms with Gasteiger partial charge in [-0.3, -0.25) is 0 Å². The van der Waals surface area contributed by atoms with Crippen molar-refractivity contribution in [2.45, 2.75) is 6.92 Å². The van der Waals surface area contributed by atoms with Crippen molar-refractivity contribution < 1.29 is 4.74 Å². The van der Waals surface area contributed by atoms with Gasteiger partial charge in [-0.25, -0.2) is 4.98 Å². The third-order valence-electron chi connectivity index (χ3n) is 3.20. The van der Waals surface area contributed by atoms with Crippen molar-refractivity contribution in [1.29, 1.82) is 0 Å². The van der Waals surface area contributed by atoms with Gasteiger partial charge in [0.05, 0.1) is 18.9 Å². The van der Waals surface area contributed by atoms with E-state index in [0.717, 1.165) is 48.6 Å². The summed E-state index contributed by atoms with van der Waals surface area (Å²) in [5, 5.41) is 9.82. The van der Waals surface area contributed by atoms with Gasteiger partial charge >= 0.3 is 0 Å². The van der Waals surface area contributed by atoms with Gasteiger partial charge < -0.3 is 15.4 Å². The van der Waals surface area contributed by atoms with Crippen molar-refractivity contribution >= 4 is 22.4 Å². The molecule has 6 nitrogen and oxygen atoms in total. The number of nitrogens with two attached hydrogens (primary N) is 1. The molecule has 0 atom stereocenters. The molecule has 1 saturated heterocycles. The summed E-state index contributed by atoms with van der Waals surface area (Å²) in [6.45, 7) is 5.10. The van der Waals surface area contributed by atoms with Crippen molar-refractivity contribution in [1.82, 2.24) is 15.2 Å². The Morgan fingerprint density at radius 2 is 2.00 bits per heavy atom. The smallest absolute Gasteiger partial charge is 0.154 e. The van der Waals surface area contributed by atoms with Crippen molar-refractivity contribution in [3.05, 3.63) is 18.0 Å². The summed E-state index contributed by atoms with van der Waals surface area (Å²) in [5.41, 5.74) is 6.73. The molecule has 0 spiro atoms. The molecule has 0 radical (unpaired) electrons. The second-order valence-corrected chi connectivity index (χ2v) is 4.36. The first-order chi connectivity index (χ1) is 8.75. The molecule has 0 saturated carbocycles. The van der Waals surface area contributed by atoms with Crippen LogP contribution in [0.25, 0.3) is 10.8 Å². The molecular formula is C12H15N5O. The molecule has 0 aliphatic carbocycles. The van der Waals surface area contributed by atoms with Crippen LogP contribution in [0.2, 0.25) is 0 Å². The van der Waals surface area contributed by atoms with E-state index in [1.165, 1.54) is 0 Å². The van der Waals surface area contributed by atoms with E-state index in [4.69, 9.17) is 10.5 Å². The third kappa shape index (κ3) is 1.84. The Morgan fingerprint density at radius 1 is 1.22 bits per heavy atom. The lowest BCUT2D eigenvalue weighted by Gasteiger charge is -2.27. The van der Waals surface area contributed by atoms with Gasteiger partial charge in [-0.1, -0.05) is 0 Å². The number of nitrogens with zero attached hydrogens (tertiary/aromatic N) is 4. The summed E-state index contributed by atoms with van der Waals surface area (Å²) in [6.07, 6.45) is 1.82.